The van der Waals surface area contributed by atoms with Crippen LogP contribution in [0.2, 0.25) is 0 Å². The minimum atomic E-state index is -0.0322. The second-order valence-corrected chi connectivity index (χ2v) is 9.92. The Labute approximate surface area is 211 Å². The van der Waals surface area contributed by atoms with Crippen LogP contribution < -0.4 is 15.5 Å². The van der Waals surface area contributed by atoms with Gasteiger partial charge in [-0.25, -0.2) is 9.97 Å². The highest BCUT2D eigenvalue weighted by molar-refractivity contribution is 5.98. The van der Waals surface area contributed by atoms with Gasteiger partial charge in [-0.05, 0) is 50.9 Å². The highest BCUT2D eigenvalue weighted by Crippen LogP contribution is 2.35. The van der Waals surface area contributed by atoms with Crippen molar-refractivity contribution >= 4 is 40.3 Å². The monoisotopic (exact) mass is 490 g/mol. The lowest BCUT2D eigenvalue weighted by Gasteiger charge is -2.24. The molecule has 1 unspecified atom stereocenters. The maximum atomic E-state index is 12.9. The first-order valence-electron chi connectivity index (χ1n) is 12.7. The predicted octanol–water partition coefficient (Wildman–Crippen LogP) is 3.49. The van der Waals surface area contributed by atoms with Crippen LogP contribution in [-0.2, 0) is 4.79 Å². The van der Waals surface area contributed by atoms with E-state index in [1.54, 1.807) is 31.4 Å². The summed E-state index contributed by atoms with van der Waals surface area (Å²) >= 11 is 0. The van der Waals surface area contributed by atoms with Gasteiger partial charge in [0.2, 0.25) is 11.9 Å². The Morgan fingerprint density at radius 2 is 1.89 bits per heavy atom. The number of pyridine rings is 1. The minimum Gasteiger partial charge on any atom is -0.343 e. The summed E-state index contributed by atoms with van der Waals surface area (Å²) in [6, 6.07) is 6.17. The molecule has 10 nitrogen and oxygen atoms in total. The average molecular weight is 491 g/mol. The first-order valence-corrected chi connectivity index (χ1v) is 12.7. The van der Waals surface area contributed by atoms with Crippen LogP contribution in [0.25, 0.3) is 11.0 Å². The van der Waals surface area contributed by atoms with E-state index in [1.807, 2.05) is 30.1 Å². The molecule has 2 amide bonds. The second kappa shape index (κ2) is 10.2. The first-order chi connectivity index (χ1) is 17.4. The van der Waals surface area contributed by atoms with Crippen molar-refractivity contribution in [2.75, 3.05) is 37.9 Å². The smallest absolute Gasteiger partial charge is 0.270 e. The number of nitrogens with zero attached hydrogens (tertiary/aromatic N) is 6. The molecule has 1 atom stereocenters. The Hall–Kier alpha value is -3.53. The number of likely N-dealkylation sites (N-methyl/N-ethyl adjacent to an activating group) is 1. The molecule has 1 aliphatic heterocycles. The molecule has 2 aliphatic rings. The van der Waals surface area contributed by atoms with Crippen LogP contribution in [0.1, 0.15) is 61.5 Å². The molecule has 190 valence electrons. The van der Waals surface area contributed by atoms with Crippen LogP contribution in [0.5, 0.6) is 0 Å². The number of amides is 2. The van der Waals surface area contributed by atoms with Gasteiger partial charge in [-0.3, -0.25) is 9.59 Å². The molecule has 3 aromatic rings. The van der Waals surface area contributed by atoms with E-state index >= 15 is 0 Å². The van der Waals surface area contributed by atoms with Crippen LogP contribution in [0.4, 0.5) is 17.5 Å². The summed E-state index contributed by atoms with van der Waals surface area (Å²) in [5.74, 6) is 1.11. The molecular weight excluding hydrogens is 456 g/mol. The van der Waals surface area contributed by atoms with Gasteiger partial charge < -0.3 is 25.0 Å². The van der Waals surface area contributed by atoms with Gasteiger partial charge in [0.15, 0.2) is 0 Å². The molecule has 1 aliphatic carbocycles. The van der Waals surface area contributed by atoms with E-state index in [0.717, 1.165) is 55.2 Å². The molecule has 0 aromatic carbocycles. The normalized spacial score (nSPS) is 19.0. The summed E-state index contributed by atoms with van der Waals surface area (Å²) in [4.78, 5) is 42.7. The van der Waals surface area contributed by atoms with Gasteiger partial charge in [0.05, 0.1) is 11.9 Å². The number of carbonyl (C=O) groups is 2. The molecule has 1 saturated carbocycles. The van der Waals surface area contributed by atoms with Gasteiger partial charge in [0.1, 0.15) is 17.2 Å². The molecule has 0 bridgehead atoms. The zero-order valence-electron chi connectivity index (χ0n) is 21.2. The molecule has 4 heterocycles. The maximum absolute atomic E-state index is 12.9. The number of anilines is 3. The number of nitrogens with one attached hydrogen (secondary N) is 2. The van der Waals surface area contributed by atoms with E-state index in [2.05, 4.69) is 25.2 Å². The highest BCUT2D eigenvalue weighted by atomic mass is 16.2. The number of hydrogen-bond donors (Lipinski definition) is 2. The molecule has 1 saturated heterocycles. The van der Waals surface area contributed by atoms with Gasteiger partial charge in [-0.1, -0.05) is 12.8 Å². The number of aromatic nitrogens is 4. The average Bonchev–Trinajstić information content (AvgIpc) is 3.49. The number of fused-ring (bicyclic) bond motifs is 1. The summed E-state index contributed by atoms with van der Waals surface area (Å²) in [7, 11) is 5.47. The number of hydrogen-bond acceptors (Lipinski definition) is 7. The fourth-order valence-corrected chi connectivity index (χ4v) is 5.26. The van der Waals surface area contributed by atoms with Crippen LogP contribution in [-0.4, -0.2) is 70.0 Å². The van der Waals surface area contributed by atoms with Crippen molar-refractivity contribution in [2.24, 2.45) is 0 Å². The largest absolute Gasteiger partial charge is 0.343 e. The van der Waals surface area contributed by atoms with E-state index in [1.165, 1.54) is 0 Å². The number of rotatable bonds is 6. The molecule has 2 fully saturated rings. The summed E-state index contributed by atoms with van der Waals surface area (Å²) in [6.45, 7) is 0.635. The second-order valence-electron chi connectivity index (χ2n) is 9.92. The van der Waals surface area contributed by atoms with E-state index in [9.17, 15) is 9.59 Å². The summed E-state index contributed by atoms with van der Waals surface area (Å²) in [6.07, 6.45) is 10.3. The molecular formula is C26H34N8O2. The summed E-state index contributed by atoms with van der Waals surface area (Å²) in [5, 5.41) is 7.33. The lowest BCUT2D eigenvalue weighted by Crippen LogP contribution is -2.40. The molecule has 5 rings (SSSR count). The quantitative estimate of drug-likeness (QED) is 0.544. The van der Waals surface area contributed by atoms with Gasteiger partial charge in [0, 0.05) is 50.7 Å². The fraction of sp³-hybridized carbons (Fsp3) is 0.500. The van der Waals surface area contributed by atoms with E-state index in [-0.39, 0.29) is 23.9 Å². The Morgan fingerprint density at radius 1 is 1.08 bits per heavy atom. The van der Waals surface area contributed by atoms with Crippen molar-refractivity contribution in [3.8, 4) is 0 Å². The highest BCUT2D eigenvalue weighted by Gasteiger charge is 2.27. The van der Waals surface area contributed by atoms with Crippen LogP contribution in [0, 0.1) is 0 Å². The number of carbonyl (C=O) groups excluding carboxylic acids is 2. The third-order valence-corrected chi connectivity index (χ3v) is 7.25. The van der Waals surface area contributed by atoms with Crippen molar-refractivity contribution in [2.45, 2.75) is 57.0 Å². The lowest BCUT2D eigenvalue weighted by molar-refractivity contribution is -0.118. The topological polar surface area (TPSA) is 108 Å². The summed E-state index contributed by atoms with van der Waals surface area (Å²) < 4.78 is 2.09. The summed E-state index contributed by atoms with van der Waals surface area (Å²) in [5.41, 5.74) is 2.19. The maximum Gasteiger partial charge on any atom is 0.270 e. The van der Waals surface area contributed by atoms with Crippen LogP contribution in [0.15, 0.2) is 30.6 Å². The van der Waals surface area contributed by atoms with E-state index < -0.39 is 0 Å². The molecule has 36 heavy (non-hydrogen) atoms. The van der Waals surface area contributed by atoms with E-state index in [0.29, 0.717) is 30.4 Å². The SMILES string of the molecule is CNC1CCCC(=O)N(c2ccc(Nc3ncc4cc(C(=O)N(C)C)n(C5CCCC5)c4n3)nc2)C1. The van der Waals surface area contributed by atoms with Gasteiger partial charge in [-0.2, -0.15) is 4.98 Å². The van der Waals surface area contributed by atoms with E-state index in [4.69, 9.17) is 4.98 Å². The molecule has 3 aromatic heterocycles. The Kier molecular flexibility index (Phi) is 6.86. The minimum absolute atomic E-state index is 0.0322. The first kappa shape index (κ1) is 24.2. The van der Waals surface area contributed by atoms with Crippen molar-refractivity contribution in [3.05, 3.63) is 36.3 Å². The van der Waals surface area contributed by atoms with Crippen molar-refractivity contribution in [1.82, 2.24) is 29.7 Å². The van der Waals surface area contributed by atoms with Crippen molar-refractivity contribution in [1.29, 1.82) is 0 Å². The standard InChI is InChI=1S/C26H34N8O2/c1-27-18-7-6-10-23(35)33(16-18)20-11-12-22(28-15-20)30-26-29-14-17-13-21(25(36)32(2)3)34(24(17)31-26)19-8-4-5-9-19/h11-15,18-19,27H,4-10,16H2,1-3H3,(H,28,29,30,31). The Bertz CT molecular complexity index is 1250. The Balaban J connectivity index is 1.41. The third kappa shape index (κ3) is 4.77. The molecule has 2 N–H and O–H groups in total. The van der Waals surface area contributed by atoms with Gasteiger partial charge >= 0.3 is 0 Å². The molecule has 0 radical (unpaired) electrons. The Morgan fingerprint density at radius 3 is 2.58 bits per heavy atom. The third-order valence-electron chi connectivity index (χ3n) is 7.25. The van der Waals surface area contributed by atoms with Crippen molar-refractivity contribution < 1.29 is 9.59 Å². The lowest BCUT2D eigenvalue weighted by atomic mass is 10.1. The van der Waals surface area contributed by atoms with Crippen LogP contribution >= 0.6 is 0 Å². The van der Waals surface area contributed by atoms with Crippen LogP contribution in [0.3, 0.4) is 0 Å². The zero-order valence-corrected chi connectivity index (χ0v) is 21.2. The van der Waals surface area contributed by atoms with Crippen molar-refractivity contribution in [3.63, 3.8) is 0 Å². The van der Waals surface area contributed by atoms with Gasteiger partial charge in [-0.15, -0.1) is 0 Å². The molecule has 10 heteroatoms. The molecule has 0 spiro atoms. The fourth-order valence-electron chi connectivity index (χ4n) is 5.26. The zero-order chi connectivity index (χ0) is 25.2. The van der Waals surface area contributed by atoms with Gasteiger partial charge in [0.25, 0.3) is 5.91 Å². The predicted molar refractivity (Wildman–Crippen MR) is 140 cm³/mol.